The van der Waals surface area contributed by atoms with Crippen LogP contribution in [0.25, 0.3) is 0 Å². The minimum atomic E-state index is 0. The van der Waals surface area contributed by atoms with Gasteiger partial charge in [-0.25, -0.2) is 0 Å². The largest absolute Gasteiger partial charge is 1.00 e. The summed E-state index contributed by atoms with van der Waals surface area (Å²) in [5.74, 6) is 0. The molecule has 1 heterocycles. The maximum Gasteiger partial charge on any atom is 0.0788 e. The summed E-state index contributed by atoms with van der Waals surface area (Å²) in [4.78, 5) is 0. The van der Waals surface area contributed by atoms with Crippen LogP contribution in [0.4, 0.5) is 0 Å². The van der Waals surface area contributed by atoms with Crippen molar-refractivity contribution in [2.45, 2.75) is 84.5 Å². The first-order chi connectivity index (χ1) is 8.83. The molecular weight excluding hydrogens is 254 g/mol. The van der Waals surface area contributed by atoms with Gasteiger partial charge in [0.25, 0.3) is 0 Å². The van der Waals surface area contributed by atoms with Crippen LogP contribution in [-0.4, -0.2) is 30.7 Å². The van der Waals surface area contributed by atoms with Crippen molar-refractivity contribution in [1.82, 2.24) is 0 Å². The number of hydrogen-bond donors (Lipinski definition) is 0. The van der Waals surface area contributed by atoms with Crippen LogP contribution in [0.1, 0.15) is 84.5 Å². The molecule has 0 bridgehead atoms. The molecular formula is C17H36ClN. The fourth-order valence-corrected chi connectivity index (χ4v) is 3.62. The van der Waals surface area contributed by atoms with E-state index in [0.29, 0.717) is 0 Å². The van der Waals surface area contributed by atoms with Gasteiger partial charge in [-0.1, -0.05) is 52.4 Å². The molecule has 1 rings (SSSR count). The van der Waals surface area contributed by atoms with Crippen LogP contribution >= 0.6 is 0 Å². The number of rotatable bonds is 11. The Labute approximate surface area is 128 Å². The zero-order valence-corrected chi connectivity index (χ0v) is 14.2. The van der Waals surface area contributed by atoms with Crippen molar-refractivity contribution in [2.75, 3.05) is 26.2 Å². The van der Waals surface area contributed by atoms with Crippen molar-refractivity contribution in [1.29, 1.82) is 0 Å². The second-order valence-corrected chi connectivity index (χ2v) is 6.42. The van der Waals surface area contributed by atoms with Gasteiger partial charge in [0.15, 0.2) is 0 Å². The lowest BCUT2D eigenvalue weighted by Gasteiger charge is -2.34. The van der Waals surface area contributed by atoms with E-state index in [0.717, 1.165) is 0 Å². The van der Waals surface area contributed by atoms with Gasteiger partial charge in [0.1, 0.15) is 0 Å². The molecule has 0 N–H and O–H groups in total. The second-order valence-electron chi connectivity index (χ2n) is 6.42. The molecule has 0 spiro atoms. The van der Waals surface area contributed by atoms with Crippen molar-refractivity contribution in [2.24, 2.45) is 0 Å². The van der Waals surface area contributed by atoms with E-state index in [4.69, 9.17) is 0 Å². The highest BCUT2D eigenvalue weighted by Gasteiger charge is 2.29. The molecule has 1 fully saturated rings. The summed E-state index contributed by atoms with van der Waals surface area (Å²) in [6.07, 6.45) is 16.0. The Morgan fingerprint density at radius 1 is 0.632 bits per heavy atom. The van der Waals surface area contributed by atoms with Crippen LogP contribution < -0.4 is 12.4 Å². The Kier molecular flexibility index (Phi) is 12.2. The summed E-state index contributed by atoms with van der Waals surface area (Å²) in [6, 6.07) is 0. The van der Waals surface area contributed by atoms with Gasteiger partial charge in [0.05, 0.1) is 26.2 Å². The van der Waals surface area contributed by atoms with Crippen molar-refractivity contribution < 1.29 is 16.9 Å². The predicted octanol–water partition coefficient (Wildman–Crippen LogP) is 2.15. The van der Waals surface area contributed by atoms with E-state index in [1.165, 1.54) is 101 Å². The lowest BCUT2D eigenvalue weighted by Crippen LogP contribution is -3.00. The topological polar surface area (TPSA) is 0 Å². The molecule has 0 aliphatic carbocycles. The molecule has 2 heteroatoms. The van der Waals surface area contributed by atoms with Crippen LogP contribution in [0.2, 0.25) is 0 Å². The average molecular weight is 290 g/mol. The van der Waals surface area contributed by atoms with Crippen LogP contribution in [0, 0.1) is 0 Å². The Bertz CT molecular complexity index is 188. The SMILES string of the molecule is CCCCCCCCCC[N+]1(CCC)CCCC1.[Cl-]. The third-order valence-electron chi connectivity index (χ3n) is 4.70. The molecule has 0 aromatic rings. The number of quaternary nitrogens is 1. The zero-order chi connectivity index (χ0) is 13.1. The molecule has 0 amide bonds. The molecule has 1 aliphatic heterocycles. The van der Waals surface area contributed by atoms with Crippen LogP contribution in [0.5, 0.6) is 0 Å². The first-order valence-corrected chi connectivity index (χ1v) is 8.68. The molecule has 19 heavy (non-hydrogen) atoms. The highest BCUT2D eigenvalue weighted by atomic mass is 35.5. The van der Waals surface area contributed by atoms with Gasteiger partial charge >= 0.3 is 0 Å². The zero-order valence-electron chi connectivity index (χ0n) is 13.4. The van der Waals surface area contributed by atoms with E-state index in [1.54, 1.807) is 0 Å². The summed E-state index contributed by atoms with van der Waals surface area (Å²) in [5.41, 5.74) is 0. The first-order valence-electron chi connectivity index (χ1n) is 8.68. The molecule has 0 saturated carbocycles. The van der Waals surface area contributed by atoms with E-state index < -0.39 is 0 Å². The number of nitrogens with zero attached hydrogens (tertiary/aromatic N) is 1. The quantitative estimate of drug-likeness (QED) is 0.404. The summed E-state index contributed by atoms with van der Waals surface area (Å²) in [6.45, 7) is 10.5. The summed E-state index contributed by atoms with van der Waals surface area (Å²) in [7, 11) is 0. The van der Waals surface area contributed by atoms with E-state index in [9.17, 15) is 0 Å². The standard InChI is InChI=1S/C17H36N.ClH/c1-3-5-6-7-8-9-10-11-15-18(14-4-2)16-12-13-17-18;/h3-17H2,1-2H3;1H/q+1;/p-1. The number of unbranched alkanes of at least 4 members (excludes halogenated alkanes) is 7. The Morgan fingerprint density at radius 2 is 1.16 bits per heavy atom. The van der Waals surface area contributed by atoms with Crippen LogP contribution in [-0.2, 0) is 0 Å². The molecule has 0 aromatic carbocycles. The summed E-state index contributed by atoms with van der Waals surface area (Å²) < 4.78 is 1.46. The Hall–Kier alpha value is 0.250. The van der Waals surface area contributed by atoms with Crippen LogP contribution in [0.3, 0.4) is 0 Å². The first kappa shape index (κ1) is 19.2. The van der Waals surface area contributed by atoms with Gasteiger partial charge in [-0.15, -0.1) is 0 Å². The van der Waals surface area contributed by atoms with E-state index in [1.807, 2.05) is 0 Å². The number of likely N-dealkylation sites (tertiary alicyclic amines) is 1. The molecule has 116 valence electrons. The molecule has 0 atom stereocenters. The third-order valence-corrected chi connectivity index (χ3v) is 4.70. The van der Waals surface area contributed by atoms with Crippen molar-refractivity contribution in [3.05, 3.63) is 0 Å². The lowest BCUT2D eigenvalue weighted by atomic mass is 10.1. The van der Waals surface area contributed by atoms with Crippen molar-refractivity contribution >= 4 is 0 Å². The maximum atomic E-state index is 2.35. The molecule has 0 unspecified atom stereocenters. The van der Waals surface area contributed by atoms with E-state index in [-0.39, 0.29) is 12.4 Å². The van der Waals surface area contributed by atoms with E-state index in [2.05, 4.69) is 13.8 Å². The molecule has 1 saturated heterocycles. The summed E-state index contributed by atoms with van der Waals surface area (Å²) >= 11 is 0. The van der Waals surface area contributed by atoms with Gasteiger partial charge in [0.2, 0.25) is 0 Å². The third kappa shape index (κ3) is 8.19. The van der Waals surface area contributed by atoms with Gasteiger partial charge in [-0.2, -0.15) is 0 Å². The highest BCUT2D eigenvalue weighted by molar-refractivity contribution is 4.56. The Morgan fingerprint density at radius 3 is 1.68 bits per heavy atom. The molecule has 1 aliphatic rings. The normalized spacial score (nSPS) is 17.4. The van der Waals surface area contributed by atoms with Crippen molar-refractivity contribution in [3.8, 4) is 0 Å². The average Bonchev–Trinajstić information content (AvgIpc) is 2.82. The fraction of sp³-hybridized carbons (Fsp3) is 1.00. The minimum absolute atomic E-state index is 0. The van der Waals surface area contributed by atoms with Gasteiger partial charge in [0, 0.05) is 12.8 Å². The van der Waals surface area contributed by atoms with Gasteiger partial charge in [-0.3, -0.25) is 0 Å². The Balaban J connectivity index is 0.00000324. The maximum absolute atomic E-state index is 2.35. The van der Waals surface area contributed by atoms with Crippen LogP contribution in [0.15, 0.2) is 0 Å². The fourth-order valence-electron chi connectivity index (χ4n) is 3.62. The number of halogens is 1. The highest BCUT2D eigenvalue weighted by Crippen LogP contribution is 2.21. The minimum Gasteiger partial charge on any atom is -1.00 e. The molecule has 0 radical (unpaired) electrons. The second kappa shape index (κ2) is 12.0. The molecule has 0 aromatic heterocycles. The van der Waals surface area contributed by atoms with Crippen molar-refractivity contribution in [3.63, 3.8) is 0 Å². The van der Waals surface area contributed by atoms with E-state index >= 15 is 0 Å². The number of hydrogen-bond acceptors (Lipinski definition) is 0. The molecule has 1 nitrogen and oxygen atoms in total. The lowest BCUT2D eigenvalue weighted by molar-refractivity contribution is -0.917. The van der Waals surface area contributed by atoms with Gasteiger partial charge in [-0.05, 0) is 19.3 Å². The van der Waals surface area contributed by atoms with Gasteiger partial charge < -0.3 is 16.9 Å². The predicted molar refractivity (Wildman–Crippen MR) is 81.9 cm³/mol. The summed E-state index contributed by atoms with van der Waals surface area (Å²) in [5, 5.41) is 0. The monoisotopic (exact) mass is 289 g/mol. The smallest absolute Gasteiger partial charge is 0.0788 e.